The van der Waals surface area contributed by atoms with E-state index in [0.717, 1.165) is 32.4 Å². The molecule has 2 unspecified atom stereocenters. The molecule has 2 aliphatic rings. The number of likely N-dealkylation sites (tertiary alicyclic amines) is 1. The first-order valence-electron chi connectivity index (χ1n) is 6.16. The van der Waals surface area contributed by atoms with Crippen molar-refractivity contribution in [1.29, 1.82) is 0 Å². The van der Waals surface area contributed by atoms with Gasteiger partial charge in [0, 0.05) is 25.0 Å². The van der Waals surface area contributed by atoms with Crippen LogP contribution in [0.25, 0.3) is 0 Å². The van der Waals surface area contributed by atoms with Gasteiger partial charge in [0.25, 0.3) is 0 Å². The van der Waals surface area contributed by atoms with E-state index >= 15 is 0 Å². The van der Waals surface area contributed by atoms with E-state index in [9.17, 15) is 4.79 Å². The summed E-state index contributed by atoms with van der Waals surface area (Å²) in [7, 11) is 0. The van der Waals surface area contributed by atoms with Gasteiger partial charge in [-0.2, -0.15) is 0 Å². The fourth-order valence-corrected chi connectivity index (χ4v) is 2.41. The average Bonchev–Trinajstić information content (AvgIpc) is 2.53. The van der Waals surface area contributed by atoms with Crippen molar-refractivity contribution in [3.8, 4) is 0 Å². The second kappa shape index (κ2) is 4.34. The molecule has 2 N–H and O–H groups in total. The summed E-state index contributed by atoms with van der Waals surface area (Å²) in [5.74, 6) is 0.235. The Hall–Kier alpha value is -0.610. The number of nitrogens with two attached hydrogens (primary N) is 1. The van der Waals surface area contributed by atoms with Crippen LogP contribution >= 0.6 is 0 Å². The van der Waals surface area contributed by atoms with Gasteiger partial charge in [-0.3, -0.25) is 4.79 Å². The van der Waals surface area contributed by atoms with Crippen molar-refractivity contribution in [2.45, 2.75) is 57.3 Å². The Labute approximate surface area is 97.1 Å². The van der Waals surface area contributed by atoms with E-state index in [1.54, 1.807) is 0 Å². The molecule has 2 fully saturated rings. The van der Waals surface area contributed by atoms with E-state index in [2.05, 4.69) is 0 Å². The molecule has 4 heteroatoms. The molecular formula is C12H22N2O2. The zero-order chi connectivity index (χ0) is 11.8. The van der Waals surface area contributed by atoms with Crippen molar-refractivity contribution >= 4 is 5.91 Å². The molecule has 1 amide bonds. The van der Waals surface area contributed by atoms with Crippen LogP contribution < -0.4 is 5.73 Å². The monoisotopic (exact) mass is 226 g/mol. The second-order valence-electron chi connectivity index (χ2n) is 5.74. The summed E-state index contributed by atoms with van der Waals surface area (Å²) in [6, 6.07) is 0. The van der Waals surface area contributed by atoms with Crippen molar-refractivity contribution < 1.29 is 9.53 Å². The van der Waals surface area contributed by atoms with E-state index in [0.29, 0.717) is 6.42 Å². The fraction of sp³-hybridized carbons (Fsp3) is 0.917. The Morgan fingerprint density at radius 3 is 2.44 bits per heavy atom. The number of carbonyl (C=O) groups excluding carboxylic acids is 1. The molecule has 0 spiro atoms. The third-order valence-corrected chi connectivity index (χ3v) is 3.38. The number of fused-ring (bicyclic) bond motifs is 2. The minimum absolute atomic E-state index is 0.235. The molecule has 2 aliphatic heterocycles. The molecule has 2 saturated heterocycles. The minimum atomic E-state index is -0.249. The molecule has 0 aromatic heterocycles. The molecule has 0 saturated carbocycles. The molecule has 2 bridgehead atoms. The Morgan fingerprint density at radius 1 is 1.38 bits per heavy atom. The summed E-state index contributed by atoms with van der Waals surface area (Å²) >= 11 is 0. The molecule has 2 rings (SSSR count). The first-order valence-corrected chi connectivity index (χ1v) is 6.16. The number of hydrogen-bond donors (Lipinski definition) is 1. The predicted molar refractivity (Wildman–Crippen MR) is 62.0 cm³/mol. The van der Waals surface area contributed by atoms with Gasteiger partial charge in [-0.25, -0.2) is 0 Å². The maximum absolute atomic E-state index is 12.0. The lowest BCUT2D eigenvalue weighted by Crippen LogP contribution is -2.46. The Balaban J connectivity index is 1.81. The van der Waals surface area contributed by atoms with Crippen LogP contribution in [-0.2, 0) is 9.53 Å². The van der Waals surface area contributed by atoms with Crippen LogP contribution in [0, 0.1) is 0 Å². The Bertz CT molecular complexity index is 261. The van der Waals surface area contributed by atoms with Gasteiger partial charge in [0.05, 0.1) is 12.2 Å². The molecule has 4 nitrogen and oxygen atoms in total. The summed E-state index contributed by atoms with van der Waals surface area (Å²) in [4.78, 5) is 13.9. The number of carbonyl (C=O) groups is 1. The van der Waals surface area contributed by atoms with E-state index < -0.39 is 0 Å². The molecule has 0 aliphatic carbocycles. The highest BCUT2D eigenvalue weighted by atomic mass is 16.5. The van der Waals surface area contributed by atoms with Crippen molar-refractivity contribution in [3.05, 3.63) is 0 Å². The minimum Gasteiger partial charge on any atom is -0.371 e. The summed E-state index contributed by atoms with van der Waals surface area (Å²) in [6.07, 6.45) is 4.09. The highest BCUT2D eigenvalue weighted by Crippen LogP contribution is 2.26. The number of ether oxygens (including phenoxy) is 1. The molecular weight excluding hydrogens is 204 g/mol. The van der Waals surface area contributed by atoms with Crippen molar-refractivity contribution in [3.63, 3.8) is 0 Å². The first-order chi connectivity index (χ1) is 7.44. The van der Waals surface area contributed by atoms with Gasteiger partial charge in [0.1, 0.15) is 0 Å². The van der Waals surface area contributed by atoms with Crippen LogP contribution in [0.5, 0.6) is 0 Å². The van der Waals surface area contributed by atoms with Gasteiger partial charge in [0.15, 0.2) is 0 Å². The van der Waals surface area contributed by atoms with Gasteiger partial charge < -0.3 is 15.4 Å². The number of nitrogens with zero attached hydrogens (tertiary/aromatic N) is 1. The maximum Gasteiger partial charge on any atom is 0.222 e. The summed E-state index contributed by atoms with van der Waals surface area (Å²) in [6.45, 7) is 5.48. The lowest BCUT2D eigenvalue weighted by Gasteiger charge is -2.32. The summed E-state index contributed by atoms with van der Waals surface area (Å²) in [5, 5.41) is 0. The van der Waals surface area contributed by atoms with Crippen LogP contribution in [-0.4, -0.2) is 41.6 Å². The number of amides is 1. The predicted octanol–water partition coefficient (Wildman–Crippen LogP) is 0.894. The Kier molecular flexibility index (Phi) is 3.22. The highest BCUT2D eigenvalue weighted by molar-refractivity contribution is 5.76. The van der Waals surface area contributed by atoms with E-state index in [4.69, 9.17) is 10.5 Å². The lowest BCUT2D eigenvalue weighted by molar-refractivity contribution is -0.140. The average molecular weight is 226 g/mol. The number of hydrogen-bond acceptors (Lipinski definition) is 3. The maximum atomic E-state index is 12.0. The van der Waals surface area contributed by atoms with Crippen LogP contribution in [0.1, 0.15) is 39.5 Å². The summed E-state index contributed by atoms with van der Waals surface area (Å²) < 4.78 is 5.70. The second-order valence-corrected chi connectivity index (χ2v) is 5.74. The van der Waals surface area contributed by atoms with E-state index in [1.807, 2.05) is 18.7 Å². The van der Waals surface area contributed by atoms with Gasteiger partial charge in [-0.1, -0.05) is 0 Å². The standard InChI is InChI=1S/C12H22N2O2/c1-12(2,13)6-5-11(15)14-7-9-3-4-10(8-14)16-9/h9-10H,3-8,13H2,1-2H3. The molecule has 0 aromatic carbocycles. The quantitative estimate of drug-likeness (QED) is 0.777. The molecule has 16 heavy (non-hydrogen) atoms. The normalized spacial score (nSPS) is 29.6. The van der Waals surface area contributed by atoms with Gasteiger partial charge in [0.2, 0.25) is 5.91 Å². The van der Waals surface area contributed by atoms with Crippen LogP contribution in [0.3, 0.4) is 0 Å². The number of morpholine rings is 1. The Morgan fingerprint density at radius 2 is 1.94 bits per heavy atom. The zero-order valence-corrected chi connectivity index (χ0v) is 10.2. The van der Waals surface area contributed by atoms with Crippen molar-refractivity contribution in [2.75, 3.05) is 13.1 Å². The molecule has 2 atom stereocenters. The van der Waals surface area contributed by atoms with Gasteiger partial charge in [-0.15, -0.1) is 0 Å². The number of rotatable bonds is 3. The molecule has 0 radical (unpaired) electrons. The fourth-order valence-electron chi connectivity index (χ4n) is 2.41. The lowest BCUT2D eigenvalue weighted by atomic mass is 9.99. The molecule has 0 aromatic rings. The third-order valence-electron chi connectivity index (χ3n) is 3.38. The third kappa shape index (κ3) is 2.95. The van der Waals surface area contributed by atoms with Crippen LogP contribution in [0.2, 0.25) is 0 Å². The topological polar surface area (TPSA) is 55.6 Å². The molecule has 2 heterocycles. The van der Waals surface area contributed by atoms with Crippen LogP contribution in [0.15, 0.2) is 0 Å². The molecule has 92 valence electrons. The van der Waals surface area contributed by atoms with Crippen molar-refractivity contribution in [2.24, 2.45) is 5.73 Å². The largest absolute Gasteiger partial charge is 0.371 e. The zero-order valence-electron chi connectivity index (χ0n) is 10.2. The van der Waals surface area contributed by atoms with E-state index in [1.165, 1.54) is 0 Å². The highest BCUT2D eigenvalue weighted by Gasteiger charge is 2.35. The summed E-state index contributed by atoms with van der Waals surface area (Å²) in [5.41, 5.74) is 5.64. The van der Waals surface area contributed by atoms with Gasteiger partial charge >= 0.3 is 0 Å². The van der Waals surface area contributed by atoms with Crippen molar-refractivity contribution in [1.82, 2.24) is 4.90 Å². The van der Waals surface area contributed by atoms with Crippen LogP contribution in [0.4, 0.5) is 0 Å². The SMILES string of the molecule is CC(C)(N)CCC(=O)N1CC2CCC(C1)O2. The smallest absolute Gasteiger partial charge is 0.222 e. The van der Waals surface area contributed by atoms with Gasteiger partial charge in [-0.05, 0) is 33.1 Å². The first kappa shape index (κ1) is 11.9. The van der Waals surface area contributed by atoms with E-state index in [-0.39, 0.29) is 23.7 Å².